The van der Waals surface area contributed by atoms with Crippen LogP contribution in [0.2, 0.25) is 0 Å². The number of ether oxygens (including phenoxy) is 1. The zero-order chi connectivity index (χ0) is 12.8. The molecule has 98 valence electrons. The number of rotatable bonds is 5. The number of benzene rings is 1. The summed E-state index contributed by atoms with van der Waals surface area (Å²) in [5, 5.41) is 0. The maximum absolute atomic E-state index is 11.9. The lowest BCUT2D eigenvalue weighted by Gasteiger charge is -2.22. The molecule has 0 aromatic heterocycles. The molecule has 18 heavy (non-hydrogen) atoms. The highest BCUT2D eigenvalue weighted by Gasteiger charge is 2.15. The summed E-state index contributed by atoms with van der Waals surface area (Å²) in [6, 6.07) is 8.20. The highest BCUT2D eigenvalue weighted by atomic mass is 16.5. The Bertz CT molecular complexity index is 392. The van der Waals surface area contributed by atoms with Crippen molar-refractivity contribution in [2.24, 2.45) is 0 Å². The number of Topliss-reactive ketones (excluding diaryl/α,β-unsaturated/α-hetero) is 1. The average Bonchev–Trinajstić information content (AvgIpc) is 2.38. The van der Waals surface area contributed by atoms with Crippen molar-refractivity contribution in [1.82, 2.24) is 0 Å². The fourth-order valence-electron chi connectivity index (χ4n) is 2.50. The molecule has 0 amide bonds. The van der Waals surface area contributed by atoms with Gasteiger partial charge in [0.05, 0.1) is 6.10 Å². The lowest BCUT2D eigenvalue weighted by molar-refractivity contribution is -0.119. The van der Waals surface area contributed by atoms with E-state index in [1.165, 1.54) is 18.4 Å². The van der Waals surface area contributed by atoms with Crippen molar-refractivity contribution in [3.8, 4) is 0 Å². The summed E-state index contributed by atoms with van der Waals surface area (Å²) < 4.78 is 5.65. The SMILES string of the molecule is Cc1cccc(CC(=O)CCC2CCCCO2)c1. The molecule has 0 N–H and O–H groups in total. The van der Waals surface area contributed by atoms with Crippen LogP contribution in [0.25, 0.3) is 0 Å². The lowest BCUT2D eigenvalue weighted by Crippen LogP contribution is -2.20. The number of carbonyl (C=O) groups excluding carboxylic acids is 1. The van der Waals surface area contributed by atoms with Crippen molar-refractivity contribution in [3.63, 3.8) is 0 Å². The molecule has 0 radical (unpaired) electrons. The maximum atomic E-state index is 11.9. The van der Waals surface area contributed by atoms with Crippen LogP contribution in [0.15, 0.2) is 24.3 Å². The van der Waals surface area contributed by atoms with Gasteiger partial charge in [0.2, 0.25) is 0 Å². The monoisotopic (exact) mass is 246 g/mol. The average molecular weight is 246 g/mol. The van der Waals surface area contributed by atoms with Crippen LogP contribution in [0, 0.1) is 6.92 Å². The zero-order valence-electron chi connectivity index (χ0n) is 11.2. The number of hydrogen-bond acceptors (Lipinski definition) is 2. The van der Waals surface area contributed by atoms with Gasteiger partial charge in [0.15, 0.2) is 0 Å². The normalized spacial score (nSPS) is 19.7. The molecule has 0 bridgehead atoms. The third kappa shape index (κ3) is 4.26. The molecule has 1 saturated heterocycles. The molecule has 1 fully saturated rings. The molecule has 1 heterocycles. The van der Waals surface area contributed by atoms with Crippen molar-refractivity contribution in [2.75, 3.05) is 6.61 Å². The first-order valence-electron chi connectivity index (χ1n) is 6.93. The molecule has 1 aliphatic rings. The lowest BCUT2D eigenvalue weighted by atomic mass is 10.00. The molecule has 2 heteroatoms. The molecule has 1 aliphatic heterocycles. The first-order chi connectivity index (χ1) is 8.74. The van der Waals surface area contributed by atoms with Crippen LogP contribution < -0.4 is 0 Å². The minimum absolute atomic E-state index is 0.320. The predicted molar refractivity (Wildman–Crippen MR) is 72.7 cm³/mol. The van der Waals surface area contributed by atoms with E-state index in [2.05, 4.69) is 19.1 Å². The van der Waals surface area contributed by atoms with Gasteiger partial charge >= 0.3 is 0 Å². The molecule has 1 aromatic rings. The Hall–Kier alpha value is -1.15. The molecule has 0 saturated carbocycles. The summed E-state index contributed by atoms with van der Waals surface area (Å²) in [4.78, 5) is 11.9. The fourth-order valence-corrected chi connectivity index (χ4v) is 2.50. The van der Waals surface area contributed by atoms with Crippen LogP contribution in [-0.4, -0.2) is 18.5 Å². The number of hydrogen-bond donors (Lipinski definition) is 0. The molecule has 2 rings (SSSR count). The van der Waals surface area contributed by atoms with Gasteiger partial charge in [-0.05, 0) is 38.2 Å². The quantitative estimate of drug-likeness (QED) is 0.795. The molecule has 1 aromatic carbocycles. The third-order valence-electron chi connectivity index (χ3n) is 3.50. The van der Waals surface area contributed by atoms with Gasteiger partial charge in [-0.15, -0.1) is 0 Å². The Kier molecular flexibility index (Phi) is 4.94. The Morgan fingerprint density at radius 2 is 2.28 bits per heavy atom. The fraction of sp³-hybridized carbons (Fsp3) is 0.562. The number of carbonyl (C=O) groups is 1. The van der Waals surface area contributed by atoms with Gasteiger partial charge in [-0.2, -0.15) is 0 Å². The van der Waals surface area contributed by atoms with Gasteiger partial charge in [0.1, 0.15) is 5.78 Å². The largest absolute Gasteiger partial charge is 0.378 e. The van der Waals surface area contributed by atoms with Gasteiger partial charge in [0.25, 0.3) is 0 Å². The second kappa shape index (κ2) is 6.69. The van der Waals surface area contributed by atoms with Crippen LogP contribution in [0.4, 0.5) is 0 Å². The molecule has 1 unspecified atom stereocenters. The van der Waals surface area contributed by atoms with Crippen LogP contribution in [0.3, 0.4) is 0 Å². The predicted octanol–water partition coefficient (Wildman–Crippen LogP) is 3.46. The summed E-state index contributed by atoms with van der Waals surface area (Å²) in [7, 11) is 0. The molecule has 0 aliphatic carbocycles. The molecular weight excluding hydrogens is 224 g/mol. The number of aryl methyl sites for hydroxylation is 1. The van der Waals surface area contributed by atoms with Gasteiger partial charge in [0, 0.05) is 19.4 Å². The Balaban J connectivity index is 1.74. The van der Waals surface area contributed by atoms with E-state index in [4.69, 9.17) is 4.74 Å². The van der Waals surface area contributed by atoms with E-state index < -0.39 is 0 Å². The van der Waals surface area contributed by atoms with Gasteiger partial charge in [-0.3, -0.25) is 4.79 Å². The van der Waals surface area contributed by atoms with Crippen molar-refractivity contribution >= 4 is 5.78 Å². The molecule has 0 spiro atoms. The van der Waals surface area contributed by atoms with E-state index in [0.717, 1.165) is 25.0 Å². The molecule has 1 atom stereocenters. The van der Waals surface area contributed by atoms with Gasteiger partial charge < -0.3 is 4.74 Å². The first kappa shape index (κ1) is 13.3. The standard InChI is InChI=1S/C16H22O2/c1-13-5-4-6-14(11-13)12-15(17)8-9-16-7-2-3-10-18-16/h4-6,11,16H,2-3,7-10,12H2,1H3. The van der Waals surface area contributed by atoms with E-state index in [0.29, 0.717) is 24.7 Å². The molecule has 2 nitrogen and oxygen atoms in total. The van der Waals surface area contributed by atoms with Crippen molar-refractivity contribution < 1.29 is 9.53 Å². The molecular formula is C16H22O2. The number of ketones is 1. The Labute approximate surface area is 109 Å². The minimum atomic E-state index is 0.320. The highest BCUT2D eigenvalue weighted by Crippen LogP contribution is 2.17. The second-order valence-electron chi connectivity index (χ2n) is 5.23. The summed E-state index contributed by atoms with van der Waals surface area (Å²) in [5.74, 6) is 0.328. The second-order valence-corrected chi connectivity index (χ2v) is 5.23. The zero-order valence-corrected chi connectivity index (χ0v) is 11.2. The Morgan fingerprint density at radius 1 is 1.39 bits per heavy atom. The van der Waals surface area contributed by atoms with Crippen molar-refractivity contribution in [3.05, 3.63) is 35.4 Å². The minimum Gasteiger partial charge on any atom is -0.378 e. The summed E-state index contributed by atoms with van der Waals surface area (Å²) in [6.45, 7) is 2.93. The van der Waals surface area contributed by atoms with E-state index >= 15 is 0 Å². The van der Waals surface area contributed by atoms with Crippen molar-refractivity contribution in [1.29, 1.82) is 0 Å². The smallest absolute Gasteiger partial charge is 0.137 e. The van der Waals surface area contributed by atoms with Crippen LogP contribution in [-0.2, 0) is 16.0 Å². The van der Waals surface area contributed by atoms with Crippen LogP contribution in [0.5, 0.6) is 0 Å². The van der Waals surface area contributed by atoms with Crippen LogP contribution in [0.1, 0.15) is 43.2 Å². The third-order valence-corrected chi connectivity index (χ3v) is 3.50. The van der Waals surface area contributed by atoms with E-state index in [1.807, 2.05) is 12.1 Å². The van der Waals surface area contributed by atoms with E-state index in [-0.39, 0.29) is 0 Å². The van der Waals surface area contributed by atoms with Crippen molar-refractivity contribution in [2.45, 2.75) is 51.6 Å². The summed E-state index contributed by atoms with van der Waals surface area (Å²) >= 11 is 0. The van der Waals surface area contributed by atoms with Crippen LogP contribution >= 0.6 is 0 Å². The van der Waals surface area contributed by atoms with E-state index in [1.54, 1.807) is 0 Å². The first-order valence-corrected chi connectivity index (χ1v) is 6.93. The maximum Gasteiger partial charge on any atom is 0.137 e. The topological polar surface area (TPSA) is 26.3 Å². The Morgan fingerprint density at radius 3 is 3.00 bits per heavy atom. The highest BCUT2D eigenvalue weighted by molar-refractivity contribution is 5.80. The van der Waals surface area contributed by atoms with E-state index in [9.17, 15) is 4.79 Å². The summed E-state index contributed by atoms with van der Waals surface area (Å²) in [5.41, 5.74) is 2.35. The van der Waals surface area contributed by atoms with Gasteiger partial charge in [-0.1, -0.05) is 29.8 Å². The summed E-state index contributed by atoms with van der Waals surface area (Å²) in [6.07, 6.45) is 5.97. The van der Waals surface area contributed by atoms with Gasteiger partial charge in [-0.25, -0.2) is 0 Å².